The van der Waals surface area contributed by atoms with Gasteiger partial charge in [0, 0.05) is 24.8 Å². The summed E-state index contributed by atoms with van der Waals surface area (Å²) in [6, 6.07) is 6.27. The van der Waals surface area contributed by atoms with E-state index in [4.69, 9.17) is 37.9 Å². The number of benzene rings is 1. The Hall–Kier alpha value is -5.59. The molecule has 18 heteroatoms. The lowest BCUT2D eigenvalue weighted by Gasteiger charge is -2.67. The number of rotatable bonds is 10. The molecule has 2 heterocycles. The number of hydrogen-bond acceptors (Lipinski definition) is 17. The van der Waals surface area contributed by atoms with Gasteiger partial charge in [-0.25, -0.2) is 24.0 Å². The van der Waals surface area contributed by atoms with E-state index in [1.165, 1.54) is 52.0 Å². The van der Waals surface area contributed by atoms with Gasteiger partial charge in [-0.15, -0.1) is 0 Å². The Morgan fingerprint density at radius 1 is 0.984 bits per heavy atom. The van der Waals surface area contributed by atoms with Gasteiger partial charge >= 0.3 is 36.1 Å². The molecule has 2 aliphatic heterocycles. The molecule has 2 unspecified atom stereocenters. The van der Waals surface area contributed by atoms with Gasteiger partial charge in [-0.2, -0.15) is 0 Å². The van der Waals surface area contributed by atoms with Gasteiger partial charge in [-0.05, 0) is 78.7 Å². The molecule has 4 fully saturated rings. The molecule has 1 aromatic carbocycles. The van der Waals surface area contributed by atoms with Gasteiger partial charge in [0.05, 0.1) is 35.6 Å². The fourth-order valence-electron chi connectivity index (χ4n) is 10.3. The average Bonchev–Trinajstić information content (AvgIpc) is 3.55. The molecule has 1 aromatic rings. The smallest absolute Gasteiger partial charge is 0.454 e. The van der Waals surface area contributed by atoms with Crippen LogP contribution in [-0.4, -0.2) is 124 Å². The third-order valence-electron chi connectivity index (χ3n) is 12.9. The van der Waals surface area contributed by atoms with Gasteiger partial charge in [0.2, 0.25) is 5.60 Å². The quantitative estimate of drug-likeness (QED) is 0.129. The van der Waals surface area contributed by atoms with Crippen LogP contribution in [0.1, 0.15) is 92.9 Å². The number of aliphatic hydroxyl groups is 2. The molecule has 1 amide bonds. The summed E-state index contributed by atoms with van der Waals surface area (Å²) in [5.74, 6) is -6.75. The van der Waals surface area contributed by atoms with E-state index in [1.54, 1.807) is 59.7 Å². The number of hydrogen-bond donors (Lipinski definition) is 3. The van der Waals surface area contributed by atoms with Crippen molar-refractivity contribution < 1.29 is 81.7 Å². The van der Waals surface area contributed by atoms with Crippen molar-refractivity contribution in [2.45, 2.75) is 148 Å². The number of carbonyl (C=O) groups excluding carboxylic acids is 7. The van der Waals surface area contributed by atoms with Crippen LogP contribution >= 0.6 is 0 Å². The first-order chi connectivity index (χ1) is 29.8. The molecule has 6 rings (SSSR count). The molecule has 2 saturated carbocycles. The molecule has 18 nitrogen and oxygen atoms in total. The number of esters is 4. The van der Waals surface area contributed by atoms with Crippen molar-refractivity contribution in [1.82, 2.24) is 5.32 Å². The molecule has 0 radical (unpaired) electrons. The van der Waals surface area contributed by atoms with E-state index >= 15 is 4.79 Å². The van der Waals surface area contributed by atoms with Crippen LogP contribution in [0.4, 0.5) is 9.59 Å². The number of alkyl carbamates (subject to hydrolysis) is 1. The molecule has 5 aliphatic rings. The number of amides is 1. The maximum absolute atomic E-state index is 15.8. The fourth-order valence-corrected chi connectivity index (χ4v) is 10.3. The van der Waals surface area contributed by atoms with E-state index in [2.05, 4.69) is 5.32 Å². The highest BCUT2D eigenvalue weighted by atomic mass is 16.8. The zero-order valence-electron chi connectivity index (χ0n) is 37.7. The first-order valence-electron chi connectivity index (χ1n) is 21.0. The van der Waals surface area contributed by atoms with Gasteiger partial charge in [-0.1, -0.05) is 49.8 Å². The van der Waals surface area contributed by atoms with Crippen LogP contribution in [-0.2, 0) is 57.1 Å². The van der Waals surface area contributed by atoms with Gasteiger partial charge in [0.15, 0.2) is 41.9 Å². The second-order valence-electron chi connectivity index (χ2n) is 18.9. The van der Waals surface area contributed by atoms with Crippen LogP contribution in [0.25, 0.3) is 0 Å². The van der Waals surface area contributed by atoms with Crippen molar-refractivity contribution in [3.63, 3.8) is 0 Å². The average molecular weight is 896 g/mol. The van der Waals surface area contributed by atoms with E-state index in [1.807, 2.05) is 0 Å². The predicted molar refractivity (Wildman–Crippen MR) is 221 cm³/mol. The summed E-state index contributed by atoms with van der Waals surface area (Å²) >= 11 is 0. The Bertz CT molecular complexity index is 2180. The Labute approximate surface area is 370 Å². The molecule has 12 atom stereocenters. The van der Waals surface area contributed by atoms with Crippen molar-refractivity contribution >= 4 is 41.9 Å². The molecule has 1 spiro atoms. The molecule has 2 bridgehead atoms. The van der Waals surface area contributed by atoms with Gasteiger partial charge in [0.1, 0.15) is 11.7 Å². The van der Waals surface area contributed by atoms with Crippen molar-refractivity contribution in [2.75, 3.05) is 6.61 Å². The van der Waals surface area contributed by atoms with Crippen LogP contribution in [0.3, 0.4) is 0 Å². The third-order valence-corrected chi connectivity index (χ3v) is 12.9. The van der Waals surface area contributed by atoms with Crippen LogP contribution in [0.2, 0.25) is 0 Å². The van der Waals surface area contributed by atoms with Crippen molar-refractivity contribution in [3.05, 3.63) is 70.8 Å². The number of ketones is 1. The highest BCUT2D eigenvalue weighted by Crippen LogP contribution is 2.67. The number of allylic oxidation sites excluding steroid dienone is 2. The zero-order valence-corrected chi connectivity index (χ0v) is 37.7. The third kappa shape index (κ3) is 7.97. The minimum atomic E-state index is -2.39. The van der Waals surface area contributed by atoms with E-state index in [0.29, 0.717) is 5.57 Å². The van der Waals surface area contributed by atoms with Gasteiger partial charge in [-0.3, -0.25) is 9.59 Å². The molecular weight excluding hydrogens is 838 g/mol. The zero-order chi connectivity index (χ0) is 47.5. The maximum atomic E-state index is 15.8. The normalized spacial score (nSPS) is 33.4. The van der Waals surface area contributed by atoms with Crippen molar-refractivity contribution in [2.24, 2.45) is 16.7 Å². The van der Waals surface area contributed by atoms with Crippen LogP contribution in [0.15, 0.2) is 65.3 Å². The second-order valence-corrected chi connectivity index (χ2v) is 18.9. The number of carbonyl (C=O) groups is 7. The summed E-state index contributed by atoms with van der Waals surface area (Å²) in [5, 5.41) is 26.3. The Balaban J connectivity index is 1.64. The highest BCUT2D eigenvalue weighted by molar-refractivity contribution is 5.97. The molecule has 2 saturated heterocycles. The number of aliphatic hydroxyl groups excluding tert-OH is 2. The van der Waals surface area contributed by atoms with Crippen LogP contribution in [0.5, 0.6) is 0 Å². The molecule has 3 N–H and O–H groups in total. The van der Waals surface area contributed by atoms with Gasteiger partial charge < -0.3 is 53.4 Å². The standard InChI is InChI=1S/C46H57NO17/c1-12-16-29(50)58-33-30-23(4)32(59-39(54)31(51)26(19-22(2)3)47-40(55)63-42(6,7)8)36-46(43(30,9)10,64-41(56)61-36)37(60-38(53)25-17-14-13-15-18-25)34-44(11,35(33)52)27(49)20-28-45(34,21-57-28)62-24(5)48/h12-19,26-28,31-34,36-37,49,51H,20-21H2,1-11H3,(H,47,55)/b16-12+/t26-,27-,28+,31+,32+,33+,34?,36-,37?,44+,45-,46+/m0/s1. The summed E-state index contributed by atoms with van der Waals surface area (Å²) in [6.45, 7) is 16.3. The van der Waals surface area contributed by atoms with Crippen molar-refractivity contribution in [3.8, 4) is 0 Å². The summed E-state index contributed by atoms with van der Waals surface area (Å²) in [4.78, 5) is 98.2. The van der Waals surface area contributed by atoms with Crippen LogP contribution in [0, 0.1) is 16.7 Å². The van der Waals surface area contributed by atoms with Gasteiger partial charge in [0.25, 0.3) is 0 Å². The largest absolute Gasteiger partial charge is 0.509 e. The number of ether oxygens (including phenoxy) is 8. The lowest BCUT2D eigenvalue weighted by molar-refractivity contribution is -0.345. The van der Waals surface area contributed by atoms with Crippen molar-refractivity contribution in [1.29, 1.82) is 0 Å². The Kier molecular flexibility index (Phi) is 12.8. The molecular formula is C46H57NO17. The van der Waals surface area contributed by atoms with E-state index in [0.717, 1.165) is 13.0 Å². The first kappa shape index (κ1) is 47.9. The predicted octanol–water partition coefficient (Wildman–Crippen LogP) is 4.13. The summed E-state index contributed by atoms with van der Waals surface area (Å²) in [5.41, 5.74) is -8.63. The second kappa shape index (κ2) is 17.1. The SMILES string of the molecule is C/C=C/C(=O)O[C@H]1C(=O)[C@@]2(C)C(C(OC(=O)c3ccccc3)[C@]34OC(=O)O[C@H]3[C@H](OC(=O)[C@H](O)[C@H](C=C(C)C)NC(=O)OC(C)(C)C)C(C)=C1C4(C)C)[C@]1(OC(C)=O)CO[C@@H]1C[C@@H]2O. The lowest BCUT2D eigenvalue weighted by atomic mass is 9.44. The maximum Gasteiger partial charge on any atom is 0.509 e. The Morgan fingerprint density at radius 2 is 1.64 bits per heavy atom. The molecule has 64 heavy (non-hydrogen) atoms. The summed E-state index contributed by atoms with van der Waals surface area (Å²) in [6.07, 6.45) is -11.1. The minimum Gasteiger partial charge on any atom is -0.454 e. The first-order valence-corrected chi connectivity index (χ1v) is 21.0. The topological polar surface area (TPSA) is 246 Å². The summed E-state index contributed by atoms with van der Waals surface area (Å²) < 4.78 is 48.3. The number of Topliss-reactive ketones (excluding diaryl/α,β-unsaturated/α-hetero) is 1. The van der Waals surface area contributed by atoms with E-state index in [9.17, 15) is 39.0 Å². The molecule has 348 valence electrons. The lowest BCUT2D eigenvalue weighted by Crippen LogP contribution is -2.83. The van der Waals surface area contributed by atoms with Crippen LogP contribution < -0.4 is 5.32 Å². The molecule has 0 aromatic heterocycles. The molecule has 3 aliphatic carbocycles. The number of nitrogens with one attached hydrogen (secondary N) is 1. The monoisotopic (exact) mass is 895 g/mol. The fraction of sp³-hybridized carbons (Fsp3) is 0.587. The van der Waals surface area contributed by atoms with E-state index in [-0.39, 0.29) is 29.7 Å². The van der Waals surface area contributed by atoms with E-state index < -0.39 is 124 Å². The highest BCUT2D eigenvalue weighted by Gasteiger charge is 2.83. The summed E-state index contributed by atoms with van der Waals surface area (Å²) in [7, 11) is 0. The number of fused-ring (bicyclic) bond motifs is 4. The Morgan fingerprint density at radius 3 is 2.20 bits per heavy atom. The minimum absolute atomic E-state index is 0.00927.